The summed E-state index contributed by atoms with van der Waals surface area (Å²) >= 11 is 6.94. The van der Waals surface area contributed by atoms with E-state index in [4.69, 9.17) is 16.3 Å². The van der Waals surface area contributed by atoms with Crippen LogP contribution in [0.3, 0.4) is 0 Å². The Morgan fingerprint density at radius 2 is 1.67 bits per heavy atom. The Labute approximate surface area is 166 Å². The van der Waals surface area contributed by atoms with E-state index in [1.807, 2.05) is 0 Å². The molecule has 0 atom stereocenters. The second-order valence-corrected chi connectivity index (χ2v) is 6.82. The number of carbonyl (C=O) groups is 3. The lowest BCUT2D eigenvalue weighted by Crippen LogP contribution is -2.16. The number of esters is 2. The summed E-state index contributed by atoms with van der Waals surface area (Å²) in [7, 11) is 1.31. The number of carbonyl (C=O) groups excluding carboxylic acids is 3. The molecule has 0 spiro atoms. The maximum absolute atomic E-state index is 11.8. The Hall–Kier alpha value is -2.51. The fourth-order valence-corrected chi connectivity index (χ4v) is 2.75. The third kappa shape index (κ3) is 7.32. The van der Waals surface area contributed by atoms with Gasteiger partial charge in [-0.05, 0) is 42.0 Å². The minimum atomic E-state index is -0.424. The molecule has 1 amide bonds. The summed E-state index contributed by atoms with van der Waals surface area (Å²) in [6.45, 7) is 0.0951. The zero-order valence-electron chi connectivity index (χ0n) is 14.6. The van der Waals surface area contributed by atoms with Gasteiger partial charge in [0, 0.05) is 10.7 Å². The molecule has 0 saturated heterocycles. The first-order valence-electron chi connectivity index (χ1n) is 7.94. The van der Waals surface area contributed by atoms with Gasteiger partial charge in [0.05, 0.1) is 24.2 Å². The van der Waals surface area contributed by atoms with Crippen LogP contribution >= 0.6 is 23.4 Å². The normalized spacial score (nSPS) is 10.1. The third-order valence-corrected chi connectivity index (χ3v) is 4.51. The Morgan fingerprint density at radius 3 is 2.30 bits per heavy atom. The number of rotatable bonds is 8. The monoisotopic (exact) mass is 407 g/mol. The van der Waals surface area contributed by atoms with Crippen LogP contribution in [-0.4, -0.2) is 36.5 Å². The molecule has 2 aromatic carbocycles. The molecule has 0 aromatic heterocycles. The van der Waals surface area contributed by atoms with Gasteiger partial charge in [-0.15, -0.1) is 11.8 Å². The van der Waals surface area contributed by atoms with Gasteiger partial charge in [-0.1, -0.05) is 23.7 Å². The number of hydrogen-bond donors (Lipinski definition) is 1. The predicted molar refractivity (Wildman–Crippen MR) is 105 cm³/mol. The number of hydrogen-bond acceptors (Lipinski definition) is 6. The predicted octanol–water partition coefficient (Wildman–Crippen LogP) is 3.54. The smallest absolute Gasteiger partial charge is 0.337 e. The van der Waals surface area contributed by atoms with Gasteiger partial charge in [0.15, 0.2) is 0 Å². The minimum Gasteiger partial charge on any atom is -0.465 e. The van der Waals surface area contributed by atoms with Gasteiger partial charge in [0.1, 0.15) is 6.61 Å². The number of halogens is 1. The van der Waals surface area contributed by atoms with Crippen LogP contribution < -0.4 is 5.32 Å². The lowest BCUT2D eigenvalue weighted by atomic mass is 10.1. The summed E-state index contributed by atoms with van der Waals surface area (Å²) in [6, 6.07) is 13.3. The minimum absolute atomic E-state index is 0.0638. The van der Waals surface area contributed by atoms with E-state index in [9.17, 15) is 14.4 Å². The number of benzene rings is 2. The van der Waals surface area contributed by atoms with Crippen LogP contribution in [0.15, 0.2) is 48.5 Å². The molecule has 1 N–H and O–H groups in total. The van der Waals surface area contributed by atoms with Crippen LogP contribution in [0.4, 0.5) is 5.69 Å². The Morgan fingerprint density at radius 1 is 1.00 bits per heavy atom. The molecular formula is C19H18ClNO5S. The molecule has 0 heterocycles. The van der Waals surface area contributed by atoms with Crippen molar-refractivity contribution in [2.75, 3.05) is 23.9 Å². The van der Waals surface area contributed by atoms with Crippen molar-refractivity contribution in [2.24, 2.45) is 0 Å². The van der Waals surface area contributed by atoms with Crippen LogP contribution in [0.2, 0.25) is 5.02 Å². The van der Waals surface area contributed by atoms with Crippen molar-refractivity contribution in [3.63, 3.8) is 0 Å². The van der Waals surface area contributed by atoms with E-state index < -0.39 is 11.9 Å². The summed E-state index contributed by atoms with van der Waals surface area (Å²) in [5.74, 6) is -0.864. The highest BCUT2D eigenvalue weighted by atomic mass is 35.5. The molecular weight excluding hydrogens is 390 g/mol. The molecule has 2 rings (SSSR count). The van der Waals surface area contributed by atoms with E-state index in [-0.39, 0.29) is 24.0 Å². The summed E-state index contributed by atoms with van der Waals surface area (Å²) in [4.78, 5) is 34.9. The first-order chi connectivity index (χ1) is 13.0. The van der Waals surface area contributed by atoms with Crippen LogP contribution in [0.25, 0.3) is 0 Å². The van der Waals surface area contributed by atoms with E-state index in [1.54, 1.807) is 48.5 Å². The van der Waals surface area contributed by atoms with Crippen molar-refractivity contribution in [1.82, 2.24) is 0 Å². The van der Waals surface area contributed by atoms with Gasteiger partial charge in [0.25, 0.3) is 0 Å². The standard InChI is InChI=1S/C19H18ClNO5S/c1-25-19(24)14-4-2-13(3-5-14)10-26-18(23)12-27-11-17(22)21-16-8-6-15(20)7-9-16/h2-9H,10-12H2,1H3,(H,21,22). The molecule has 142 valence electrons. The van der Waals surface area contributed by atoms with Crippen molar-refractivity contribution in [2.45, 2.75) is 6.61 Å². The Balaban J connectivity index is 1.66. The van der Waals surface area contributed by atoms with Crippen molar-refractivity contribution >= 4 is 46.9 Å². The van der Waals surface area contributed by atoms with Crippen molar-refractivity contribution < 1.29 is 23.9 Å². The molecule has 0 aliphatic rings. The van der Waals surface area contributed by atoms with Gasteiger partial charge in [-0.2, -0.15) is 0 Å². The largest absolute Gasteiger partial charge is 0.465 e. The summed E-state index contributed by atoms with van der Waals surface area (Å²) < 4.78 is 9.76. The van der Waals surface area contributed by atoms with Gasteiger partial charge in [0.2, 0.25) is 5.91 Å². The highest BCUT2D eigenvalue weighted by molar-refractivity contribution is 8.00. The molecule has 2 aromatic rings. The SMILES string of the molecule is COC(=O)c1ccc(COC(=O)CSCC(=O)Nc2ccc(Cl)cc2)cc1. The second-order valence-electron chi connectivity index (χ2n) is 5.40. The lowest BCUT2D eigenvalue weighted by molar-refractivity contribution is -0.141. The zero-order chi connectivity index (χ0) is 19.6. The average Bonchev–Trinajstić information content (AvgIpc) is 2.68. The molecule has 6 nitrogen and oxygen atoms in total. The zero-order valence-corrected chi connectivity index (χ0v) is 16.1. The van der Waals surface area contributed by atoms with Crippen LogP contribution in [0, 0.1) is 0 Å². The van der Waals surface area contributed by atoms with Crippen molar-refractivity contribution in [3.8, 4) is 0 Å². The highest BCUT2D eigenvalue weighted by Crippen LogP contribution is 2.14. The average molecular weight is 408 g/mol. The number of ether oxygens (including phenoxy) is 2. The van der Waals surface area contributed by atoms with Gasteiger partial charge in [-0.3, -0.25) is 9.59 Å². The molecule has 0 saturated carbocycles. The topological polar surface area (TPSA) is 81.7 Å². The quantitative estimate of drug-likeness (QED) is 0.674. The lowest BCUT2D eigenvalue weighted by Gasteiger charge is -2.07. The van der Waals surface area contributed by atoms with Gasteiger partial charge < -0.3 is 14.8 Å². The maximum atomic E-state index is 11.8. The van der Waals surface area contributed by atoms with Crippen molar-refractivity contribution in [1.29, 1.82) is 0 Å². The fraction of sp³-hybridized carbons (Fsp3) is 0.211. The Bertz CT molecular complexity index is 793. The van der Waals surface area contributed by atoms with Gasteiger partial charge >= 0.3 is 11.9 Å². The summed E-state index contributed by atoms with van der Waals surface area (Å²) in [5, 5.41) is 3.30. The molecule has 0 aliphatic carbocycles. The molecule has 27 heavy (non-hydrogen) atoms. The highest BCUT2D eigenvalue weighted by Gasteiger charge is 2.09. The molecule has 0 fully saturated rings. The number of methoxy groups -OCH3 is 1. The van der Waals surface area contributed by atoms with Gasteiger partial charge in [-0.25, -0.2) is 4.79 Å². The van der Waals surface area contributed by atoms with E-state index in [0.717, 1.165) is 17.3 Å². The first-order valence-corrected chi connectivity index (χ1v) is 9.47. The number of amides is 1. The number of thioether (sulfide) groups is 1. The molecule has 0 radical (unpaired) electrons. The second kappa shape index (κ2) is 10.6. The number of nitrogens with one attached hydrogen (secondary N) is 1. The van der Waals surface area contributed by atoms with Crippen LogP contribution in [0.1, 0.15) is 15.9 Å². The molecule has 0 unspecified atom stereocenters. The molecule has 0 bridgehead atoms. The number of anilines is 1. The van der Waals surface area contributed by atoms with E-state index >= 15 is 0 Å². The molecule has 8 heteroatoms. The first kappa shape index (κ1) is 20.8. The van der Waals surface area contributed by atoms with E-state index in [0.29, 0.717) is 16.3 Å². The fourth-order valence-electron chi connectivity index (χ4n) is 2.02. The Kier molecular flexibility index (Phi) is 8.16. The van der Waals surface area contributed by atoms with Crippen LogP contribution in [-0.2, 0) is 25.7 Å². The van der Waals surface area contributed by atoms with E-state index in [2.05, 4.69) is 10.1 Å². The third-order valence-electron chi connectivity index (χ3n) is 3.36. The van der Waals surface area contributed by atoms with Crippen molar-refractivity contribution in [3.05, 3.63) is 64.7 Å². The summed E-state index contributed by atoms with van der Waals surface area (Å²) in [5.41, 5.74) is 1.82. The summed E-state index contributed by atoms with van der Waals surface area (Å²) in [6.07, 6.45) is 0. The van der Waals surface area contributed by atoms with E-state index in [1.165, 1.54) is 7.11 Å². The maximum Gasteiger partial charge on any atom is 0.337 e. The molecule has 0 aliphatic heterocycles. The van der Waals surface area contributed by atoms with Crippen LogP contribution in [0.5, 0.6) is 0 Å².